The molecule has 1 atom stereocenters. The van der Waals surface area contributed by atoms with Crippen LogP contribution in [0.25, 0.3) is 0 Å². The lowest BCUT2D eigenvalue weighted by Gasteiger charge is -2.05. The monoisotopic (exact) mass is 181 g/mol. The van der Waals surface area contributed by atoms with Crippen LogP contribution in [0.15, 0.2) is 29.2 Å². The molecule has 0 N–H and O–H groups in total. The molecule has 0 aliphatic heterocycles. The van der Waals surface area contributed by atoms with Crippen molar-refractivity contribution in [2.75, 3.05) is 0 Å². The molecule has 0 saturated heterocycles. The first-order valence-electron chi connectivity index (χ1n) is 3.96. The van der Waals surface area contributed by atoms with Crippen molar-refractivity contribution in [1.29, 1.82) is 0 Å². The molecule has 2 nitrogen and oxygen atoms in total. The number of hydrogen-bond donors (Lipinski definition) is 0. The van der Waals surface area contributed by atoms with Gasteiger partial charge in [0, 0.05) is 4.90 Å². The van der Waals surface area contributed by atoms with E-state index in [9.17, 15) is 8.76 Å². The van der Waals surface area contributed by atoms with Crippen LogP contribution in [0.5, 0.6) is 0 Å². The molecule has 0 radical (unpaired) electrons. The zero-order chi connectivity index (χ0) is 8.55. The molecule has 2 rings (SSSR count). The summed E-state index contributed by atoms with van der Waals surface area (Å²) >= 11 is -2.08. The third-order valence-corrected chi connectivity index (χ3v) is 2.78. The maximum absolute atomic E-state index is 10.5. The van der Waals surface area contributed by atoms with Crippen molar-refractivity contribution in [3.8, 4) is 0 Å². The fourth-order valence-corrected chi connectivity index (χ4v) is 1.63. The molecule has 12 heavy (non-hydrogen) atoms. The van der Waals surface area contributed by atoms with Crippen LogP contribution in [-0.2, 0) is 11.1 Å². The highest BCUT2D eigenvalue weighted by Crippen LogP contribution is 2.39. The van der Waals surface area contributed by atoms with Crippen molar-refractivity contribution in [3.63, 3.8) is 0 Å². The van der Waals surface area contributed by atoms with Crippen molar-refractivity contribution < 1.29 is 8.76 Å². The Hall–Kier alpha value is -0.670. The zero-order valence-electron chi connectivity index (χ0n) is 6.53. The van der Waals surface area contributed by atoms with Gasteiger partial charge in [0.1, 0.15) is 0 Å². The van der Waals surface area contributed by atoms with Crippen molar-refractivity contribution in [1.82, 2.24) is 0 Å². The summed E-state index contributed by atoms with van der Waals surface area (Å²) in [6.45, 7) is 0. The average molecular weight is 181 g/mol. The zero-order valence-corrected chi connectivity index (χ0v) is 7.34. The summed E-state index contributed by atoms with van der Waals surface area (Å²) in [4.78, 5) is 0.374. The Morgan fingerprint density at radius 3 is 2.25 bits per heavy atom. The summed E-state index contributed by atoms with van der Waals surface area (Å²) in [6.07, 6.45) is 2.50. The second-order valence-electron chi connectivity index (χ2n) is 3.08. The van der Waals surface area contributed by atoms with Crippen LogP contribution < -0.4 is 0 Å². The first kappa shape index (κ1) is 7.95. The van der Waals surface area contributed by atoms with Gasteiger partial charge in [-0.05, 0) is 47.5 Å². The molecule has 64 valence electrons. The van der Waals surface area contributed by atoms with Gasteiger partial charge in [0.2, 0.25) is 0 Å². The molecule has 1 aromatic carbocycles. The van der Waals surface area contributed by atoms with E-state index >= 15 is 0 Å². The first-order valence-corrected chi connectivity index (χ1v) is 5.04. The van der Waals surface area contributed by atoms with Gasteiger partial charge in [0.05, 0.1) is 0 Å². The minimum atomic E-state index is -2.08. The molecule has 1 unspecified atom stereocenters. The van der Waals surface area contributed by atoms with Crippen molar-refractivity contribution in [2.24, 2.45) is 0 Å². The maximum Gasteiger partial charge on any atom is 0.0248 e. The maximum atomic E-state index is 10.5. The van der Waals surface area contributed by atoms with Gasteiger partial charge in [-0.2, -0.15) is 0 Å². The third kappa shape index (κ3) is 1.57. The van der Waals surface area contributed by atoms with E-state index in [4.69, 9.17) is 0 Å². The summed E-state index contributed by atoms with van der Waals surface area (Å²) in [7, 11) is 0. The Morgan fingerprint density at radius 1 is 1.25 bits per heavy atom. The largest absolute Gasteiger partial charge is 0.768 e. The molecule has 0 spiro atoms. The second kappa shape index (κ2) is 2.99. The van der Waals surface area contributed by atoms with Gasteiger partial charge in [-0.25, -0.2) is 0 Å². The van der Waals surface area contributed by atoms with Crippen molar-refractivity contribution >= 4 is 11.1 Å². The predicted molar refractivity (Wildman–Crippen MR) is 45.6 cm³/mol. The standard InChI is InChI=1S/C9H10O2S/c10-12(11)9-5-3-8(4-6-9)7-1-2-7/h3-7H,1-2H2,(H,10,11)/p-1. The predicted octanol–water partition coefficient (Wildman–Crippen LogP) is 1.80. The average Bonchev–Trinajstić information content (AvgIpc) is 2.87. The Kier molecular flexibility index (Phi) is 1.98. The first-order chi connectivity index (χ1) is 5.77. The molecule has 0 amide bonds. The Bertz CT molecular complexity index is 301. The summed E-state index contributed by atoms with van der Waals surface area (Å²) in [5.41, 5.74) is 1.27. The fourth-order valence-electron chi connectivity index (χ4n) is 1.27. The minimum absolute atomic E-state index is 0.374. The molecule has 3 heteroatoms. The minimum Gasteiger partial charge on any atom is -0.768 e. The van der Waals surface area contributed by atoms with Crippen LogP contribution >= 0.6 is 0 Å². The van der Waals surface area contributed by atoms with Gasteiger partial charge >= 0.3 is 0 Å². The lowest BCUT2D eigenvalue weighted by atomic mass is 10.1. The van der Waals surface area contributed by atoms with Gasteiger partial charge in [-0.3, -0.25) is 4.21 Å². The van der Waals surface area contributed by atoms with Gasteiger partial charge < -0.3 is 4.55 Å². The van der Waals surface area contributed by atoms with E-state index in [0.717, 1.165) is 0 Å². The van der Waals surface area contributed by atoms with E-state index in [1.165, 1.54) is 18.4 Å². The normalized spacial score (nSPS) is 19.1. The van der Waals surface area contributed by atoms with Crippen LogP contribution in [-0.4, -0.2) is 8.76 Å². The van der Waals surface area contributed by atoms with E-state index < -0.39 is 11.1 Å². The summed E-state index contributed by atoms with van der Waals surface area (Å²) in [5, 5.41) is 0. The highest BCUT2D eigenvalue weighted by molar-refractivity contribution is 7.79. The van der Waals surface area contributed by atoms with E-state index in [0.29, 0.717) is 10.8 Å². The smallest absolute Gasteiger partial charge is 0.0248 e. The highest BCUT2D eigenvalue weighted by Gasteiger charge is 2.22. The topological polar surface area (TPSA) is 40.1 Å². The quantitative estimate of drug-likeness (QED) is 0.653. The van der Waals surface area contributed by atoms with Gasteiger partial charge in [-0.1, -0.05) is 12.1 Å². The van der Waals surface area contributed by atoms with E-state index in [-0.39, 0.29) is 0 Å². The van der Waals surface area contributed by atoms with E-state index in [1.807, 2.05) is 12.1 Å². The number of benzene rings is 1. The van der Waals surface area contributed by atoms with Crippen molar-refractivity contribution in [3.05, 3.63) is 29.8 Å². The molecule has 1 fully saturated rings. The van der Waals surface area contributed by atoms with Crippen LogP contribution in [0.3, 0.4) is 0 Å². The summed E-state index contributed by atoms with van der Waals surface area (Å²) in [6, 6.07) is 7.14. The van der Waals surface area contributed by atoms with E-state index in [2.05, 4.69) is 0 Å². The molecule has 0 bridgehead atoms. The second-order valence-corrected chi connectivity index (χ2v) is 4.02. The fraction of sp³-hybridized carbons (Fsp3) is 0.333. The van der Waals surface area contributed by atoms with Crippen LogP contribution in [0, 0.1) is 0 Å². The van der Waals surface area contributed by atoms with Crippen LogP contribution in [0.4, 0.5) is 0 Å². The lowest BCUT2D eigenvalue weighted by Crippen LogP contribution is -1.88. The molecule has 1 aliphatic rings. The van der Waals surface area contributed by atoms with E-state index in [1.54, 1.807) is 12.1 Å². The summed E-state index contributed by atoms with van der Waals surface area (Å²) in [5.74, 6) is 0.694. The number of hydrogen-bond acceptors (Lipinski definition) is 2. The lowest BCUT2D eigenvalue weighted by molar-refractivity contribution is 0.537. The molecule has 0 aromatic heterocycles. The van der Waals surface area contributed by atoms with Gasteiger partial charge in [0.25, 0.3) is 0 Å². The molecular weight excluding hydrogens is 172 g/mol. The van der Waals surface area contributed by atoms with Crippen LogP contribution in [0.1, 0.15) is 24.3 Å². The highest BCUT2D eigenvalue weighted by atomic mass is 32.2. The van der Waals surface area contributed by atoms with Crippen molar-refractivity contribution in [2.45, 2.75) is 23.7 Å². The number of rotatable bonds is 2. The Morgan fingerprint density at radius 2 is 1.83 bits per heavy atom. The molecule has 1 saturated carbocycles. The summed E-state index contributed by atoms with van der Waals surface area (Å²) < 4.78 is 21.0. The Labute approximate surface area is 73.9 Å². The van der Waals surface area contributed by atoms with Crippen LogP contribution in [0.2, 0.25) is 0 Å². The van der Waals surface area contributed by atoms with Gasteiger partial charge in [0.15, 0.2) is 0 Å². The third-order valence-electron chi connectivity index (χ3n) is 2.12. The molecule has 1 aliphatic carbocycles. The van der Waals surface area contributed by atoms with Gasteiger partial charge in [-0.15, -0.1) is 0 Å². The molecule has 1 aromatic rings. The Balaban J connectivity index is 2.24. The molecule has 0 heterocycles. The SMILES string of the molecule is O=S([O-])c1ccc(C2CC2)cc1. The molecular formula is C9H9O2S-.